The molecule has 0 aromatic heterocycles. The number of hydrogen-bond donors (Lipinski definition) is 2. The van der Waals surface area contributed by atoms with E-state index in [1.165, 1.54) is 0 Å². The van der Waals surface area contributed by atoms with Crippen LogP contribution in [0, 0.1) is 11.3 Å². The van der Waals surface area contributed by atoms with Gasteiger partial charge < -0.3 is 20.5 Å². The minimum Gasteiger partial charge on any atom is -0.490 e. The molecule has 0 bridgehead atoms. The van der Waals surface area contributed by atoms with Crippen molar-refractivity contribution in [2.75, 3.05) is 6.61 Å². The van der Waals surface area contributed by atoms with Crippen LogP contribution in [0.5, 0.6) is 5.75 Å². The summed E-state index contributed by atoms with van der Waals surface area (Å²) in [6.45, 7) is 6.24. The van der Waals surface area contributed by atoms with E-state index < -0.39 is 11.0 Å². The van der Waals surface area contributed by atoms with E-state index in [9.17, 15) is 4.79 Å². The Bertz CT molecular complexity index is 755. The highest BCUT2D eigenvalue weighted by Crippen LogP contribution is 2.52. The Balaban J connectivity index is 1.65. The van der Waals surface area contributed by atoms with Crippen LogP contribution in [-0.2, 0) is 15.1 Å². The molecule has 1 amide bonds. The van der Waals surface area contributed by atoms with Crippen molar-refractivity contribution in [3.05, 3.63) is 29.8 Å². The normalized spacial score (nSPS) is 32.7. The van der Waals surface area contributed by atoms with Crippen molar-refractivity contribution in [2.24, 2.45) is 22.1 Å². The lowest BCUT2D eigenvalue weighted by atomic mass is 9.67. The van der Waals surface area contributed by atoms with Gasteiger partial charge in [-0.3, -0.25) is 4.79 Å². The average Bonchev–Trinajstić information content (AvgIpc) is 2.98. The van der Waals surface area contributed by atoms with E-state index >= 15 is 0 Å². The number of ether oxygens (including phenoxy) is 2. The fraction of sp³-hybridized carbons (Fsp3) is 0.600. The Morgan fingerprint density at radius 1 is 1.31 bits per heavy atom. The zero-order chi connectivity index (χ0) is 18.5. The lowest BCUT2D eigenvalue weighted by molar-refractivity contribution is -0.130. The predicted molar refractivity (Wildman–Crippen MR) is 98.8 cm³/mol. The molecule has 26 heavy (non-hydrogen) atoms. The number of aliphatic imine (C=N–C) groups is 1. The highest BCUT2D eigenvalue weighted by Gasteiger charge is 2.55. The SMILES string of the molecule is CC(C)(C)C(=O)NC1CC[C@@H]2Oc3ccccc3C3(COC(N)=N3)[C@H]2C1. The molecule has 1 fully saturated rings. The van der Waals surface area contributed by atoms with Gasteiger partial charge in [-0.2, -0.15) is 0 Å². The lowest BCUT2D eigenvalue weighted by Crippen LogP contribution is -2.55. The minimum atomic E-state index is -0.519. The summed E-state index contributed by atoms with van der Waals surface area (Å²) in [7, 11) is 0. The van der Waals surface area contributed by atoms with E-state index in [4.69, 9.17) is 20.2 Å². The first kappa shape index (κ1) is 17.2. The van der Waals surface area contributed by atoms with Gasteiger partial charge in [-0.1, -0.05) is 39.0 Å². The van der Waals surface area contributed by atoms with Gasteiger partial charge in [0.15, 0.2) is 0 Å². The lowest BCUT2D eigenvalue weighted by Gasteiger charge is -2.48. The first-order valence-corrected chi connectivity index (χ1v) is 9.35. The molecule has 0 radical (unpaired) electrons. The number of amidine groups is 1. The number of nitrogens with one attached hydrogen (secondary N) is 1. The number of nitrogens with zero attached hydrogens (tertiary/aromatic N) is 1. The molecule has 1 saturated carbocycles. The van der Waals surface area contributed by atoms with Crippen LogP contribution in [0.25, 0.3) is 0 Å². The van der Waals surface area contributed by atoms with Crippen LogP contribution in [0.4, 0.5) is 0 Å². The number of nitrogens with two attached hydrogens (primary N) is 1. The van der Waals surface area contributed by atoms with Gasteiger partial charge in [0.1, 0.15) is 24.0 Å². The number of amides is 1. The Hall–Kier alpha value is -2.24. The molecule has 4 atom stereocenters. The molecule has 3 N–H and O–H groups in total. The summed E-state index contributed by atoms with van der Waals surface area (Å²) in [5.41, 5.74) is 6.02. The summed E-state index contributed by atoms with van der Waals surface area (Å²) in [4.78, 5) is 17.2. The highest BCUT2D eigenvalue weighted by molar-refractivity contribution is 5.81. The largest absolute Gasteiger partial charge is 0.490 e. The summed E-state index contributed by atoms with van der Waals surface area (Å²) in [6.07, 6.45) is 2.65. The number of fused-ring (bicyclic) bond motifs is 4. The second-order valence-electron chi connectivity index (χ2n) is 8.66. The van der Waals surface area contributed by atoms with Gasteiger partial charge in [-0.25, -0.2) is 4.99 Å². The van der Waals surface area contributed by atoms with E-state index in [1.807, 2.05) is 45.0 Å². The summed E-state index contributed by atoms with van der Waals surface area (Å²) >= 11 is 0. The Kier molecular flexibility index (Phi) is 3.90. The van der Waals surface area contributed by atoms with Crippen LogP contribution in [0.2, 0.25) is 0 Å². The van der Waals surface area contributed by atoms with Crippen LogP contribution >= 0.6 is 0 Å². The third-order valence-corrected chi connectivity index (χ3v) is 5.80. The molecule has 6 heteroatoms. The maximum atomic E-state index is 12.4. The Labute approximate surface area is 154 Å². The predicted octanol–water partition coefficient (Wildman–Crippen LogP) is 2.32. The van der Waals surface area contributed by atoms with E-state index in [0.717, 1.165) is 30.6 Å². The van der Waals surface area contributed by atoms with Crippen molar-refractivity contribution in [3.8, 4) is 5.75 Å². The molecule has 4 rings (SSSR count). The highest BCUT2D eigenvalue weighted by atomic mass is 16.5. The Morgan fingerprint density at radius 3 is 2.77 bits per heavy atom. The van der Waals surface area contributed by atoms with Gasteiger partial charge in [-0.15, -0.1) is 0 Å². The summed E-state index contributed by atoms with van der Waals surface area (Å²) in [5.74, 6) is 1.07. The van der Waals surface area contributed by atoms with Gasteiger partial charge in [0, 0.05) is 22.9 Å². The van der Waals surface area contributed by atoms with Gasteiger partial charge in [0.25, 0.3) is 6.02 Å². The standard InChI is InChI=1S/C20H27N3O3/c1-19(2,3)17(24)22-12-8-9-16-14(10-12)20(11-25-18(21)23-20)13-6-4-5-7-15(13)26-16/h4-7,12,14,16H,8-11H2,1-3H3,(H2,21,23)(H,22,24)/t12?,14-,16-,20?/m0/s1. The number of hydrogen-bond acceptors (Lipinski definition) is 5. The molecule has 1 aromatic rings. The van der Waals surface area contributed by atoms with Crippen molar-refractivity contribution in [2.45, 2.75) is 57.7 Å². The van der Waals surface area contributed by atoms with Crippen LogP contribution in [-0.4, -0.2) is 30.7 Å². The first-order valence-electron chi connectivity index (χ1n) is 9.35. The van der Waals surface area contributed by atoms with E-state index in [2.05, 4.69) is 5.32 Å². The maximum absolute atomic E-state index is 12.4. The second-order valence-corrected chi connectivity index (χ2v) is 8.66. The quantitative estimate of drug-likeness (QED) is 0.808. The van der Waals surface area contributed by atoms with Gasteiger partial charge in [0.05, 0.1) is 0 Å². The second kappa shape index (κ2) is 5.89. The van der Waals surface area contributed by atoms with Crippen LogP contribution in [0.3, 0.4) is 0 Å². The first-order chi connectivity index (χ1) is 12.3. The maximum Gasteiger partial charge on any atom is 0.283 e. The number of carbonyl (C=O) groups is 1. The molecule has 0 saturated heterocycles. The van der Waals surface area contributed by atoms with Crippen molar-refractivity contribution < 1.29 is 14.3 Å². The molecule has 2 aliphatic heterocycles. The molecule has 6 nitrogen and oxygen atoms in total. The Morgan fingerprint density at radius 2 is 2.08 bits per heavy atom. The number of rotatable bonds is 1. The van der Waals surface area contributed by atoms with Gasteiger partial charge >= 0.3 is 0 Å². The number of carbonyl (C=O) groups excluding carboxylic acids is 1. The van der Waals surface area contributed by atoms with Crippen LogP contribution in [0.15, 0.2) is 29.3 Å². The molecular formula is C20H27N3O3. The third kappa shape index (κ3) is 2.72. The van der Waals surface area contributed by atoms with Crippen LogP contribution < -0.4 is 15.8 Å². The smallest absolute Gasteiger partial charge is 0.283 e. The molecule has 2 unspecified atom stereocenters. The average molecular weight is 357 g/mol. The van der Waals surface area contributed by atoms with E-state index in [0.29, 0.717) is 6.61 Å². The zero-order valence-corrected chi connectivity index (χ0v) is 15.6. The molecule has 1 spiro atoms. The van der Waals surface area contributed by atoms with Crippen molar-refractivity contribution in [1.29, 1.82) is 0 Å². The van der Waals surface area contributed by atoms with Crippen molar-refractivity contribution in [1.82, 2.24) is 5.32 Å². The topological polar surface area (TPSA) is 85.9 Å². The third-order valence-electron chi connectivity index (χ3n) is 5.80. The molecule has 2 heterocycles. The van der Waals surface area contributed by atoms with Crippen molar-refractivity contribution >= 4 is 11.9 Å². The van der Waals surface area contributed by atoms with Gasteiger partial charge in [-0.05, 0) is 25.3 Å². The molecular weight excluding hydrogens is 330 g/mol. The number of para-hydroxylation sites is 1. The number of benzene rings is 1. The fourth-order valence-electron chi connectivity index (χ4n) is 4.38. The summed E-state index contributed by atoms with van der Waals surface area (Å²) in [5, 5.41) is 3.22. The fourth-order valence-corrected chi connectivity index (χ4v) is 4.38. The summed E-state index contributed by atoms with van der Waals surface area (Å²) in [6, 6.07) is 8.37. The van der Waals surface area contributed by atoms with Crippen molar-refractivity contribution in [3.63, 3.8) is 0 Å². The summed E-state index contributed by atoms with van der Waals surface area (Å²) < 4.78 is 11.9. The molecule has 140 valence electrons. The monoisotopic (exact) mass is 357 g/mol. The molecule has 1 aliphatic carbocycles. The van der Waals surface area contributed by atoms with Gasteiger partial charge in [0.2, 0.25) is 5.91 Å². The van der Waals surface area contributed by atoms with E-state index in [1.54, 1.807) is 0 Å². The molecule has 1 aromatic carbocycles. The van der Waals surface area contributed by atoms with Crippen LogP contribution in [0.1, 0.15) is 45.6 Å². The zero-order valence-electron chi connectivity index (χ0n) is 15.6. The van der Waals surface area contributed by atoms with E-state index in [-0.39, 0.29) is 30.0 Å². The molecule has 3 aliphatic rings. The minimum absolute atomic E-state index is 0.0611.